The van der Waals surface area contributed by atoms with Gasteiger partial charge in [-0.15, -0.1) is 11.3 Å². The van der Waals surface area contributed by atoms with Crippen LogP contribution in [0, 0.1) is 11.3 Å². The van der Waals surface area contributed by atoms with Crippen molar-refractivity contribution in [1.29, 1.82) is 5.26 Å². The molecule has 0 bridgehead atoms. The molecule has 17 heavy (non-hydrogen) atoms. The molecule has 0 aliphatic rings. The zero-order chi connectivity index (χ0) is 12.3. The zero-order valence-electron chi connectivity index (χ0n) is 9.73. The van der Waals surface area contributed by atoms with Gasteiger partial charge in [-0.25, -0.2) is 4.98 Å². The van der Waals surface area contributed by atoms with Gasteiger partial charge in [0, 0.05) is 5.56 Å². The number of methoxy groups -OCH3 is 1. The average molecular weight is 244 g/mol. The maximum absolute atomic E-state index is 9.01. The molecule has 1 aromatic carbocycles. The number of ether oxygens (including phenoxy) is 1. The van der Waals surface area contributed by atoms with Gasteiger partial charge in [-0.1, -0.05) is 19.1 Å². The quantitative estimate of drug-likeness (QED) is 0.832. The second-order valence-electron chi connectivity index (χ2n) is 3.49. The summed E-state index contributed by atoms with van der Waals surface area (Å²) in [6, 6.07) is 9.91. The summed E-state index contributed by atoms with van der Waals surface area (Å²) >= 11 is 1.43. The fourth-order valence-electron chi connectivity index (χ4n) is 1.56. The number of benzene rings is 1. The van der Waals surface area contributed by atoms with E-state index in [4.69, 9.17) is 10.00 Å². The normalized spacial score (nSPS) is 9.94. The van der Waals surface area contributed by atoms with Crippen LogP contribution < -0.4 is 4.74 Å². The number of nitrogens with zero attached hydrogens (tertiary/aromatic N) is 2. The smallest absolute Gasteiger partial charge is 0.128 e. The summed E-state index contributed by atoms with van der Waals surface area (Å²) in [6.07, 6.45) is 0.781. The van der Waals surface area contributed by atoms with Gasteiger partial charge in [0.15, 0.2) is 0 Å². The van der Waals surface area contributed by atoms with Crippen LogP contribution in [0.4, 0.5) is 0 Å². The van der Waals surface area contributed by atoms with Gasteiger partial charge in [-0.2, -0.15) is 5.26 Å². The Kier molecular flexibility index (Phi) is 3.40. The van der Waals surface area contributed by atoms with Crippen LogP contribution in [0.15, 0.2) is 24.3 Å². The molecule has 0 fully saturated rings. The molecule has 4 heteroatoms. The van der Waals surface area contributed by atoms with E-state index in [0.717, 1.165) is 28.4 Å². The van der Waals surface area contributed by atoms with Crippen molar-refractivity contribution < 1.29 is 4.74 Å². The fourth-order valence-corrected chi connectivity index (χ4v) is 2.51. The van der Waals surface area contributed by atoms with E-state index in [-0.39, 0.29) is 0 Å². The lowest BCUT2D eigenvalue weighted by Gasteiger charge is -2.00. The number of hydrogen-bond donors (Lipinski definition) is 0. The van der Waals surface area contributed by atoms with Crippen molar-refractivity contribution in [3.05, 3.63) is 34.8 Å². The van der Waals surface area contributed by atoms with E-state index in [1.807, 2.05) is 31.2 Å². The third-order valence-corrected chi connectivity index (χ3v) is 3.50. The van der Waals surface area contributed by atoms with Crippen molar-refractivity contribution in [2.75, 3.05) is 7.11 Å². The summed E-state index contributed by atoms with van der Waals surface area (Å²) in [4.78, 5) is 5.19. The summed E-state index contributed by atoms with van der Waals surface area (Å²) in [5.74, 6) is 0.800. The molecule has 0 saturated carbocycles. The van der Waals surface area contributed by atoms with Gasteiger partial charge in [0.2, 0.25) is 0 Å². The van der Waals surface area contributed by atoms with Gasteiger partial charge in [0.1, 0.15) is 21.7 Å². The number of thiazole rings is 1. The topological polar surface area (TPSA) is 45.9 Å². The molecule has 0 aliphatic heterocycles. The highest BCUT2D eigenvalue weighted by atomic mass is 32.1. The molecule has 0 amide bonds. The van der Waals surface area contributed by atoms with E-state index in [0.29, 0.717) is 4.88 Å². The molecule has 2 aromatic rings. The van der Waals surface area contributed by atoms with E-state index in [1.165, 1.54) is 11.3 Å². The Morgan fingerprint density at radius 3 is 2.88 bits per heavy atom. The molecule has 0 saturated heterocycles. The second-order valence-corrected chi connectivity index (χ2v) is 4.49. The first-order valence-electron chi connectivity index (χ1n) is 5.32. The first-order valence-corrected chi connectivity index (χ1v) is 6.14. The number of hydrogen-bond acceptors (Lipinski definition) is 4. The SMILES string of the molecule is CCc1nc(-c2cccc(OC)c2)sc1C#N. The summed E-state index contributed by atoms with van der Waals surface area (Å²) < 4.78 is 5.18. The first kappa shape index (κ1) is 11.6. The molecule has 3 nitrogen and oxygen atoms in total. The van der Waals surface area contributed by atoms with Crippen molar-refractivity contribution in [2.24, 2.45) is 0 Å². The highest BCUT2D eigenvalue weighted by molar-refractivity contribution is 7.15. The standard InChI is InChI=1S/C13H12N2OS/c1-3-11-12(8-14)17-13(15-11)9-5-4-6-10(7-9)16-2/h4-7H,3H2,1-2H3. The van der Waals surface area contributed by atoms with E-state index in [1.54, 1.807) is 7.11 Å². The molecule has 1 heterocycles. The molecular weight excluding hydrogens is 232 g/mol. The zero-order valence-corrected chi connectivity index (χ0v) is 10.5. The van der Waals surface area contributed by atoms with Gasteiger partial charge in [-0.05, 0) is 18.6 Å². The van der Waals surface area contributed by atoms with Crippen molar-refractivity contribution in [3.8, 4) is 22.4 Å². The summed E-state index contributed by atoms with van der Waals surface area (Å²) in [5, 5.41) is 9.88. The highest BCUT2D eigenvalue weighted by Crippen LogP contribution is 2.29. The molecular formula is C13H12N2OS. The van der Waals surface area contributed by atoms with Crippen LogP contribution in [0.2, 0.25) is 0 Å². The maximum Gasteiger partial charge on any atom is 0.128 e. The lowest BCUT2D eigenvalue weighted by molar-refractivity contribution is 0.415. The van der Waals surface area contributed by atoms with Gasteiger partial charge in [0.05, 0.1) is 12.8 Å². The Hall–Kier alpha value is -1.86. The predicted molar refractivity (Wildman–Crippen MR) is 68.2 cm³/mol. The van der Waals surface area contributed by atoms with Gasteiger partial charge in [0.25, 0.3) is 0 Å². The Morgan fingerprint density at radius 2 is 2.29 bits per heavy atom. The average Bonchev–Trinajstić information content (AvgIpc) is 2.82. The van der Waals surface area contributed by atoms with Crippen LogP contribution in [0.1, 0.15) is 17.5 Å². The summed E-state index contributed by atoms with van der Waals surface area (Å²) in [6.45, 7) is 2.01. The number of nitriles is 1. The molecule has 1 aromatic heterocycles. The first-order chi connectivity index (χ1) is 8.28. The van der Waals surface area contributed by atoms with Crippen LogP contribution in [-0.2, 0) is 6.42 Å². The third kappa shape index (κ3) is 2.29. The van der Waals surface area contributed by atoms with Crippen molar-refractivity contribution in [1.82, 2.24) is 4.98 Å². The van der Waals surface area contributed by atoms with Gasteiger partial charge in [-0.3, -0.25) is 0 Å². The number of rotatable bonds is 3. The Labute approximate surface area is 104 Å². The van der Waals surface area contributed by atoms with Crippen LogP contribution >= 0.6 is 11.3 Å². The van der Waals surface area contributed by atoms with E-state index in [2.05, 4.69) is 11.1 Å². The van der Waals surface area contributed by atoms with Gasteiger partial charge >= 0.3 is 0 Å². The maximum atomic E-state index is 9.01. The minimum absolute atomic E-state index is 0.699. The predicted octanol–water partition coefficient (Wildman–Crippen LogP) is 3.25. The minimum Gasteiger partial charge on any atom is -0.497 e. The third-order valence-electron chi connectivity index (χ3n) is 2.45. The monoisotopic (exact) mass is 244 g/mol. The molecule has 2 rings (SSSR count). The number of aromatic nitrogens is 1. The summed E-state index contributed by atoms with van der Waals surface area (Å²) in [5.41, 5.74) is 1.86. The largest absolute Gasteiger partial charge is 0.497 e. The van der Waals surface area contributed by atoms with Crippen LogP contribution in [0.3, 0.4) is 0 Å². The minimum atomic E-state index is 0.699. The molecule has 0 N–H and O–H groups in total. The molecule has 0 spiro atoms. The van der Waals surface area contributed by atoms with Crippen molar-refractivity contribution in [3.63, 3.8) is 0 Å². The van der Waals surface area contributed by atoms with E-state index < -0.39 is 0 Å². The van der Waals surface area contributed by atoms with Crippen LogP contribution in [-0.4, -0.2) is 12.1 Å². The number of aryl methyl sites for hydroxylation is 1. The highest BCUT2D eigenvalue weighted by Gasteiger charge is 2.11. The fraction of sp³-hybridized carbons (Fsp3) is 0.231. The summed E-state index contributed by atoms with van der Waals surface area (Å²) in [7, 11) is 1.64. The second kappa shape index (κ2) is 4.98. The Bertz CT molecular complexity index is 569. The molecule has 0 unspecified atom stereocenters. The van der Waals surface area contributed by atoms with Crippen molar-refractivity contribution in [2.45, 2.75) is 13.3 Å². The lowest BCUT2D eigenvalue weighted by atomic mass is 10.2. The molecule has 0 atom stereocenters. The van der Waals surface area contributed by atoms with E-state index in [9.17, 15) is 0 Å². The Morgan fingerprint density at radius 1 is 1.47 bits per heavy atom. The van der Waals surface area contributed by atoms with Crippen LogP contribution in [0.25, 0.3) is 10.6 Å². The molecule has 0 radical (unpaired) electrons. The van der Waals surface area contributed by atoms with Crippen LogP contribution in [0.5, 0.6) is 5.75 Å². The Balaban J connectivity index is 2.46. The lowest BCUT2D eigenvalue weighted by Crippen LogP contribution is -1.85. The van der Waals surface area contributed by atoms with Crippen molar-refractivity contribution >= 4 is 11.3 Å². The molecule has 0 aliphatic carbocycles. The van der Waals surface area contributed by atoms with Gasteiger partial charge < -0.3 is 4.74 Å². The van der Waals surface area contributed by atoms with E-state index >= 15 is 0 Å². The molecule has 86 valence electrons.